The third-order valence-corrected chi connectivity index (χ3v) is 5.87. The molecule has 0 spiro atoms. The number of amides is 1. The summed E-state index contributed by atoms with van der Waals surface area (Å²) in [6.45, 7) is 1.95. The Morgan fingerprint density at radius 2 is 1.68 bits per heavy atom. The van der Waals surface area contributed by atoms with Crippen LogP contribution in [-0.2, 0) is 11.2 Å². The van der Waals surface area contributed by atoms with Gasteiger partial charge in [0.2, 0.25) is 6.35 Å². The lowest BCUT2D eigenvalue weighted by molar-refractivity contribution is -0.122. The fourth-order valence-corrected chi connectivity index (χ4v) is 4.46. The summed E-state index contributed by atoms with van der Waals surface area (Å²) in [5.74, 6) is 0.637. The van der Waals surface area contributed by atoms with E-state index in [0.717, 1.165) is 42.8 Å². The molecule has 1 fully saturated rings. The number of pyridine rings is 1. The monoisotopic (exact) mass is 377 g/mol. The van der Waals surface area contributed by atoms with Gasteiger partial charge < -0.3 is 15.7 Å². The van der Waals surface area contributed by atoms with E-state index >= 15 is 0 Å². The Kier molecular flexibility index (Phi) is 5.44. The number of aromatic nitrogens is 1. The first-order chi connectivity index (χ1) is 13.6. The molecule has 3 N–H and O–H groups in total. The normalized spacial score (nSPS) is 25.2. The number of rotatable bonds is 4. The predicted octanol–water partition coefficient (Wildman–Crippen LogP) is 3.16. The van der Waals surface area contributed by atoms with Crippen LogP contribution in [0.3, 0.4) is 0 Å². The molecule has 2 aromatic rings. The zero-order chi connectivity index (χ0) is 19.5. The van der Waals surface area contributed by atoms with Crippen molar-refractivity contribution in [1.82, 2.24) is 15.6 Å². The highest BCUT2D eigenvalue weighted by Gasteiger charge is 2.32. The second-order valence-electron chi connectivity index (χ2n) is 7.82. The van der Waals surface area contributed by atoms with Crippen LogP contribution in [0.25, 0.3) is 0 Å². The first-order valence-electron chi connectivity index (χ1n) is 10.1. The van der Waals surface area contributed by atoms with Crippen molar-refractivity contribution in [2.24, 2.45) is 5.92 Å². The van der Waals surface area contributed by atoms with Crippen LogP contribution in [0.1, 0.15) is 48.6 Å². The van der Waals surface area contributed by atoms with Gasteiger partial charge in [-0.05, 0) is 62.1 Å². The summed E-state index contributed by atoms with van der Waals surface area (Å²) in [4.78, 5) is 17.2. The quantitative estimate of drug-likeness (QED) is 0.765. The summed E-state index contributed by atoms with van der Waals surface area (Å²) in [5.41, 5.74) is 4.80. The maximum Gasteiger partial charge on any atom is 0.252 e. The largest absolute Gasteiger partial charge is 0.356 e. The van der Waals surface area contributed by atoms with Crippen LogP contribution in [-0.4, -0.2) is 22.3 Å². The van der Waals surface area contributed by atoms with Crippen LogP contribution >= 0.6 is 0 Å². The van der Waals surface area contributed by atoms with Gasteiger partial charge in [0.05, 0.1) is 0 Å². The first kappa shape index (κ1) is 18.7. The molecule has 4 rings (SSSR count). The van der Waals surface area contributed by atoms with E-state index in [1.807, 2.05) is 25.1 Å². The van der Waals surface area contributed by atoms with E-state index in [1.165, 1.54) is 5.56 Å². The molecule has 1 aliphatic heterocycles. The van der Waals surface area contributed by atoms with Gasteiger partial charge in [-0.2, -0.15) is 0 Å². The van der Waals surface area contributed by atoms with E-state index in [2.05, 4.69) is 45.9 Å². The zero-order valence-corrected chi connectivity index (χ0v) is 16.2. The molecule has 2 heterocycles. The molecule has 5 nitrogen and oxygen atoms in total. The lowest BCUT2D eigenvalue weighted by atomic mass is 9.76. The molecule has 1 aromatic heterocycles. The minimum absolute atomic E-state index is 0.199. The summed E-state index contributed by atoms with van der Waals surface area (Å²) < 4.78 is 0. The van der Waals surface area contributed by atoms with E-state index in [-0.39, 0.29) is 11.8 Å². The molecule has 0 saturated heterocycles. The van der Waals surface area contributed by atoms with Gasteiger partial charge in [-0.15, -0.1) is 0 Å². The van der Waals surface area contributed by atoms with Crippen molar-refractivity contribution >= 4 is 5.91 Å². The molecule has 1 aromatic carbocycles. The molecule has 1 unspecified atom stereocenters. The molecule has 146 valence electrons. The summed E-state index contributed by atoms with van der Waals surface area (Å²) in [6, 6.07) is 16.5. The molecule has 2 aliphatic rings. The topological polar surface area (TPSA) is 74.2 Å². The summed E-state index contributed by atoms with van der Waals surface area (Å²) in [7, 11) is 0. The number of aryl methyl sites for hydroxylation is 1. The predicted molar refractivity (Wildman–Crippen MR) is 108 cm³/mol. The third-order valence-electron chi connectivity index (χ3n) is 5.87. The van der Waals surface area contributed by atoms with Crippen molar-refractivity contribution in [2.45, 2.75) is 51.3 Å². The molecule has 1 amide bonds. The maximum atomic E-state index is 12.6. The van der Waals surface area contributed by atoms with Crippen LogP contribution in [0.15, 0.2) is 59.8 Å². The van der Waals surface area contributed by atoms with Crippen molar-refractivity contribution in [3.8, 4) is 0 Å². The lowest BCUT2D eigenvalue weighted by Crippen LogP contribution is -2.52. The van der Waals surface area contributed by atoms with Gasteiger partial charge in [0.25, 0.3) is 5.91 Å². The van der Waals surface area contributed by atoms with Crippen LogP contribution < -0.4 is 10.6 Å². The number of carbonyl (C=O) groups excluding carboxylic acids is 1. The molecule has 0 radical (unpaired) electrons. The summed E-state index contributed by atoms with van der Waals surface area (Å²) >= 11 is 0. The Bertz CT molecular complexity index is 870. The molecule has 28 heavy (non-hydrogen) atoms. The molecule has 1 saturated carbocycles. The number of benzene rings is 1. The molecular weight excluding hydrogens is 350 g/mol. The Balaban J connectivity index is 1.55. The first-order valence-corrected chi connectivity index (χ1v) is 10.1. The second kappa shape index (κ2) is 8.15. The van der Waals surface area contributed by atoms with Crippen LogP contribution in [0.2, 0.25) is 0 Å². The van der Waals surface area contributed by atoms with Gasteiger partial charge in [0.1, 0.15) is 0 Å². The fraction of sp³-hybridized carbons (Fsp3) is 0.391. The molecule has 5 heteroatoms. The average Bonchev–Trinajstić information content (AvgIpc) is 2.71. The van der Waals surface area contributed by atoms with Crippen molar-refractivity contribution in [3.63, 3.8) is 0 Å². The Labute approximate surface area is 165 Å². The number of allylic oxidation sites excluding steroid dienone is 1. The smallest absolute Gasteiger partial charge is 0.252 e. The van der Waals surface area contributed by atoms with Crippen LogP contribution in [0, 0.1) is 12.8 Å². The van der Waals surface area contributed by atoms with Crippen molar-refractivity contribution in [3.05, 3.63) is 76.8 Å². The maximum absolute atomic E-state index is 12.6. The van der Waals surface area contributed by atoms with E-state index in [1.54, 1.807) is 0 Å². The third kappa shape index (κ3) is 4.09. The minimum Gasteiger partial charge on any atom is -0.356 e. The highest BCUT2D eigenvalue weighted by Crippen LogP contribution is 2.39. The second-order valence-corrected chi connectivity index (χ2v) is 7.82. The SMILES string of the molecule is Cc1cccc(CC2=C(C3CCC(c4ccccc4)CC3)NC(O)NC2=O)n1. The number of hydrogen-bond acceptors (Lipinski definition) is 4. The number of carbonyl (C=O) groups is 1. The summed E-state index contributed by atoms with van der Waals surface area (Å²) in [5, 5.41) is 15.8. The van der Waals surface area contributed by atoms with E-state index in [9.17, 15) is 9.90 Å². The average molecular weight is 377 g/mol. The van der Waals surface area contributed by atoms with Gasteiger partial charge in [-0.25, -0.2) is 0 Å². The highest BCUT2D eigenvalue weighted by atomic mass is 16.3. The molecule has 1 aliphatic carbocycles. The fourth-order valence-electron chi connectivity index (χ4n) is 4.46. The Hall–Kier alpha value is -2.66. The van der Waals surface area contributed by atoms with Gasteiger partial charge in [0, 0.05) is 29.1 Å². The molecule has 1 atom stereocenters. The highest BCUT2D eigenvalue weighted by molar-refractivity contribution is 5.95. The minimum atomic E-state index is -1.02. The summed E-state index contributed by atoms with van der Waals surface area (Å²) in [6.07, 6.45) is 3.64. The van der Waals surface area contributed by atoms with Crippen molar-refractivity contribution < 1.29 is 9.90 Å². The van der Waals surface area contributed by atoms with E-state index in [0.29, 0.717) is 17.9 Å². The standard InChI is InChI=1S/C23H27N3O2/c1-15-6-5-9-19(24-15)14-20-21(25-23(28)26-22(20)27)18-12-10-17(11-13-18)16-7-3-2-4-8-16/h2-9,17-18,23,25,28H,10-14H2,1H3,(H,26,27). The number of aliphatic hydroxyl groups excluding tert-OH is 1. The van der Waals surface area contributed by atoms with Gasteiger partial charge in [-0.1, -0.05) is 36.4 Å². The molecular formula is C23H27N3O2. The van der Waals surface area contributed by atoms with Gasteiger partial charge in [-0.3, -0.25) is 9.78 Å². The van der Waals surface area contributed by atoms with E-state index in [4.69, 9.17) is 0 Å². The van der Waals surface area contributed by atoms with E-state index < -0.39 is 6.35 Å². The van der Waals surface area contributed by atoms with Crippen LogP contribution in [0.4, 0.5) is 0 Å². The number of nitrogens with one attached hydrogen (secondary N) is 2. The van der Waals surface area contributed by atoms with Crippen molar-refractivity contribution in [2.75, 3.05) is 0 Å². The molecule has 0 bridgehead atoms. The van der Waals surface area contributed by atoms with Crippen LogP contribution in [0.5, 0.6) is 0 Å². The number of hydrogen-bond donors (Lipinski definition) is 3. The Morgan fingerprint density at radius 1 is 0.964 bits per heavy atom. The van der Waals surface area contributed by atoms with Crippen molar-refractivity contribution in [1.29, 1.82) is 0 Å². The number of nitrogens with zero attached hydrogens (tertiary/aromatic N) is 1. The number of aliphatic hydroxyl groups is 1. The zero-order valence-electron chi connectivity index (χ0n) is 16.2. The van der Waals surface area contributed by atoms with Gasteiger partial charge >= 0.3 is 0 Å². The van der Waals surface area contributed by atoms with Gasteiger partial charge in [0.15, 0.2) is 0 Å². The Morgan fingerprint density at radius 3 is 2.39 bits per heavy atom. The lowest BCUT2D eigenvalue weighted by Gasteiger charge is -2.35.